The molecule has 0 spiro atoms. The van der Waals surface area contributed by atoms with E-state index in [1.807, 2.05) is 6.07 Å². The first-order chi connectivity index (χ1) is 24.7. The minimum Gasteiger partial charge on any atom is -0.370 e. The predicted octanol–water partition coefficient (Wildman–Crippen LogP) is 9.53. The molecule has 51 heavy (non-hydrogen) atoms. The van der Waals surface area contributed by atoms with Crippen LogP contribution < -0.4 is 21.3 Å². The lowest BCUT2D eigenvalue weighted by molar-refractivity contribution is 0.220. The van der Waals surface area contributed by atoms with Crippen LogP contribution in [0.5, 0.6) is 0 Å². The maximum absolute atomic E-state index is 5.29. The van der Waals surface area contributed by atoms with Crippen LogP contribution in [0.25, 0.3) is 0 Å². The smallest absolute Gasteiger partial charge is 0.225 e. The number of aromatic nitrogens is 4. The highest BCUT2D eigenvalue weighted by molar-refractivity contribution is 5.53. The lowest BCUT2D eigenvalue weighted by Crippen LogP contribution is -2.41. The molecule has 8 heteroatoms. The third kappa shape index (κ3) is 9.23. The van der Waals surface area contributed by atoms with Crippen LogP contribution in [0.15, 0.2) is 103 Å². The highest BCUT2D eigenvalue weighted by Crippen LogP contribution is 2.66. The number of nitrogens with one attached hydrogen (secondary N) is 4. The molecule has 266 valence electrons. The minimum absolute atomic E-state index is 0.0776. The molecule has 1 aliphatic rings. The Morgan fingerprint density at radius 2 is 0.843 bits per heavy atom. The Balaban J connectivity index is 1.47. The SMILES string of the molecule is CC(C)CNc1cc(C2C(c3ccccc3)C(c3cc(NCC(C)C)nc(NCC(C)C)n3)C2c2ccccc2)nc(NCc2ccccc2)n1. The molecule has 2 atom stereocenters. The average Bonchev–Trinajstić information content (AvgIpc) is 3.12. The van der Waals surface area contributed by atoms with Crippen LogP contribution in [-0.2, 0) is 6.54 Å². The maximum Gasteiger partial charge on any atom is 0.225 e. The number of anilines is 4. The van der Waals surface area contributed by atoms with Crippen LogP contribution in [0.4, 0.5) is 23.5 Å². The molecule has 0 saturated heterocycles. The molecule has 2 aromatic heterocycles. The molecule has 1 fully saturated rings. The van der Waals surface area contributed by atoms with E-state index in [1.54, 1.807) is 0 Å². The van der Waals surface area contributed by atoms with Gasteiger partial charge in [-0.15, -0.1) is 0 Å². The molecule has 4 N–H and O–H groups in total. The second kappa shape index (κ2) is 16.8. The number of hydrogen-bond donors (Lipinski definition) is 4. The first kappa shape index (κ1) is 35.8. The summed E-state index contributed by atoms with van der Waals surface area (Å²) in [4.78, 5) is 20.4. The van der Waals surface area contributed by atoms with Gasteiger partial charge in [-0.05, 0) is 34.4 Å². The van der Waals surface area contributed by atoms with Crippen molar-refractivity contribution in [2.24, 2.45) is 17.8 Å². The van der Waals surface area contributed by atoms with E-state index in [-0.39, 0.29) is 23.7 Å². The zero-order valence-corrected chi connectivity index (χ0v) is 31.0. The zero-order chi connectivity index (χ0) is 35.7. The molecule has 5 aromatic rings. The summed E-state index contributed by atoms with van der Waals surface area (Å²) in [6.07, 6.45) is 0. The summed E-state index contributed by atoms with van der Waals surface area (Å²) in [5.41, 5.74) is 5.80. The molecule has 0 radical (unpaired) electrons. The Kier molecular flexibility index (Phi) is 11.8. The van der Waals surface area contributed by atoms with Gasteiger partial charge in [-0.1, -0.05) is 133 Å². The van der Waals surface area contributed by atoms with Gasteiger partial charge < -0.3 is 21.3 Å². The van der Waals surface area contributed by atoms with E-state index in [2.05, 4.69) is 160 Å². The van der Waals surface area contributed by atoms with Crippen LogP contribution in [0, 0.1) is 17.8 Å². The lowest BCUT2D eigenvalue weighted by Gasteiger charge is -2.52. The fourth-order valence-electron chi connectivity index (χ4n) is 6.97. The molecule has 8 nitrogen and oxygen atoms in total. The van der Waals surface area contributed by atoms with Crippen LogP contribution in [0.1, 0.15) is 93.3 Å². The molecule has 0 amide bonds. The highest BCUT2D eigenvalue weighted by Gasteiger charge is 2.54. The topological polar surface area (TPSA) is 99.7 Å². The summed E-state index contributed by atoms with van der Waals surface area (Å²) in [7, 11) is 0. The fourth-order valence-corrected chi connectivity index (χ4v) is 6.97. The van der Waals surface area contributed by atoms with Gasteiger partial charge in [-0.3, -0.25) is 0 Å². The predicted molar refractivity (Wildman–Crippen MR) is 212 cm³/mol. The number of benzene rings is 3. The quantitative estimate of drug-likeness (QED) is 0.0817. The van der Waals surface area contributed by atoms with Crippen molar-refractivity contribution < 1.29 is 0 Å². The summed E-state index contributed by atoms with van der Waals surface area (Å²) in [6.45, 7) is 16.4. The Labute approximate surface area is 304 Å². The Morgan fingerprint density at radius 1 is 0.451 bits per heavy atom. The molecule has 2 unspecified atom stereocenters. The van der Waals surface area contributed by atoms with Crippen LogP contribution in [-0.4, -0.2) is 39.6 Å². The van der Waals surface area contributed by atoms with E-state index in [1.165, 1.54) is 16.7 Å². The van der Waals surface area contributed by atoms with Crippen molar-refractivity contribution in [1.29, 1.82) is 0 Å². The number of hydrogen-bond acceptors (Lipinski definition) is 8. The van der Waals surface area contributed by atoms with Crippen molar-refractivity contribution >= 4 is 23.5 Å². The van der Waals surface area contributed by atoms with Crippen molar-refractivity contribution in [2.75, 3.05) is 40.9 Å². The van der Waals surface area contributed by atoms with Crippen molar-refractivity contribution in [3.8, 4) is 0 Å². The van der Waals surface area contributed by atoms with E-state index >= 15 is 0 Å². The summed E-state index contributed by atoms with van der Waals surface area (Å²) in [6, 6.07) is 36.6. The minimum atomic E-state index is 0.0776. The normalized spacial score (nSPS) is 18.5. The van der Waals surface area contributed by atoms with Gasteiger partial charge in [0.05, 0.1) is 11.4 Å². The summed E-state index contributed by atoms with van der Waals surface area (Å²) in [5, 5.41) is 14.3. The fraction of sp³-hybridized carbons (Fsp3) is 0.395. The van der Waals surface area contributed by atoms with Gasteiger partial charge in [-0.2, -0.15) is 9.97 Å². The molecular weight excluding hydrogens is 629 g/mol. The van der Waals surface area contributed by atoms with Gasteiger partial charge in [0.25, 0.3) is 0 Å². The Hall–Kier alpha value is -4.98. The molecule has 1 saturated carbocycles. The standard InChI is InChI=1S/C43H54N8/c1-28(2)24-44-36-22-34(48-42(50-36)46-26-30(5)6)40-38(32-18-12-8-13-19-32)41(39(40)33-20-14-9-15-21-33)35-23-37(45-25-29(3)4)51-43(49-35)47-27-31-16-10-7-11-17-31/h7-23,28-30,38-41H,24-27H2,1-6H3,(H2,44,46,48,50)(H2,45,47,49,51). The van der Waals surface area contributed by atoms with Crippen LogP contribution in [0.3, 0.4) is 0 Å². The Bertz CT molecular complexity index is 1730. The van der Waals surface area contributed by atoms with Crippen molar-refractivity contribution in [2.45, 2.75) is 71.8 Å². The zero-order valence-electron chi connectivity index (χ0n) is 31.0. The van der Waals surface area contributed by atoms with Gasteiger partial charge in [0, 0.05) is 62.0 Å². The van der Waals surface area contributed by atoms with Gasteiger partial charge in [0.15, 0.2) is 0 Å². The summed E-state index contributed by atoms with van der Waals surface area (Å²) in [5.74, 6) is 4.83. The molecule has 6 rings (SSSR count). The molecule has 2 heterocycles. The largest absolute Gasteiger partial charge is 0.370 e. The van der Waals surface area contributed by atoms with E-state index in [4.69, 9.17) is 19.9 Å². The second-order valence-corrected chi connectivity index (χ2v) is 15.1. The highest BCUT2D eigenvalue weighted by atomic mass is 15.2. The third-order valence-corrected chi connectivity index (χ3v) is 9.44. The van der Waals surface area contributed by atoms with E-state index in [0.717, 1.165) is 42.7 Å². The van der Waals surface area contributed by atoms with E-state index in [0.29, 0.717) is 36.2 Å². The first-order valence-corrected chi connectivity index (χ1v) is 18.6. The molecule has 0 aliphatic heterocycles. The van der Waals surface area contributed by atoms with Gasteiger partial charge >= 0.3 is 0 Å². The average molecular weight is 683 g/mol. The van der Waals surface area contributed by atoms with Gasteiger partial charge in [0.2, 0.25) is 11.9 Å². The number of rotatable bonds is 16. The first-order valence-electron chi connectivity index (χ1n) is 18.6. The monoisotopic (exact) mass is 682 g/mol. The van der Waals surface area contributed by atoms with Crippen molar-refractivity contribution in [3.63, 3.8) is 0 Å². The molecule has 3 aromatic carbocycles. The Morgan fingerprint density at radius 3 is 1.27 bits per heavy atom. The van der Waals surface area contributed by atoms with E-state index < -0.39 is 0 Å². The third-order valence-electron chi connectivity index (χ3n) is 9.44. The summed E-state index contributed by atoms with van der Waals surface area (Å²) >= 11 is 0. The van der Waals surface area contributed by atoms with Crippen molar-refractivity contribution in [3.05, 3.63) is 131 Å². The van der Waals surface area contributed by atoms with Crippen LogP contribution >= 0.6 is 0 Å². The van der Waals surface area contributed by atoms with Gasteiger partial charge in [-0.25, -0.2) is 9.97 Å². The van der Waals surface area contributed by atoms with Gasteiger partial charge in [0.1, 0.15) is 11.6 Å². The molecular formula is C43H54N8. The van der Waals surface area contributed by atoms with Crippen LogP contribution in [0.2, 0.25) is 0 Å². The van der Waals surface area contributed by atoms with Crippen molar-refractivity contribution in [1.82, 2.24) is 19.9 Å². The number of nitrogens with zero attached hydrogens (tertiary/aromatic N) is 4. The molecule has 0 bridgehead atoms. The second-order valence-electron chi connectivity index (χ2n) is 15.1. The van der Waals surface area contributed by atoms with E-state index in [9.17, 15) is 0 Å². The maximum atomic E-state index is 5.29. The summed E-state index contributed by atoms with van der Waals surface area (Å²) < 4.78 is 0. The lowest BCUT2D eigenvalue weighted by atomic mass is 9.50. The molecule has 1 aliphatic carbocycles.